The molecule has 0 aliphatic carbocycles. The number of hydrogen-bond donors (Lipinski definition) is 1. The lowest BCUT2D eigenvalue weighted by atomic mass is 9.91. The molecule has 0 aromatic rings. The molecule has 180 valence electrons. The highest BCUT2D eigenvalue weighted by Crippen LogP contribution is 2.21. The van der Waals surface area contributed by atoms with Gasteiger partial charge >= 0.3 is 0 Å². The summed E-state index contributed by atoms with van der Waals surface area (Å²) in [5.74, 6) is 0.995. The van der Waals surface area contributed by atoms with Crippen LogP contribution < -0.4 is 5.32 Å². The van der Waals surface area contributed by atoms with Crippen molar-refractivity contribution in [3.05, 3.63) is 59.5 Å². The normalized spacial score (nSPS) is 19.1. The van der Waals surface area contributed by atoms with Crippen molar-refractivity contribution in [3.8, 4) is 12.1 Å². The molecule has 1 aliphatic rings. The molecule has 0 spiro atoms. The van der Waals surface area contributed by atoms with Gasteiger partial charge in [0.2, 0.25) is 0 Å². The standard InChI is InChI=1S/C28H42N4O/c1-8-26(11-9-10-25(16-29)17-30)33-20-24-12-14-28(6,7)21-31-27(23(4)5)19-32(15-13-24)18-22(2)3/h9-14,19,22-23,26,31H,8,15,18,20-21H2,1-7H3/b11-9+,14-12?,24-13?,27-19-. The number of nitriles is 2. The molecule has 1 heterocycles. The first-order valence-electron chi connectivity index (χ1n) is 12.0. The van der Waals surface area contributed by atoms with Crippen molar-refractivity contribution < 1.29 is 4.74 Å². The lowest BCUT2D eigenvalue weighted by molar-refractivity contribution is 0.102. The van der Waals surface area contributed by atoms with Gasteiger partial charge in [-0.1, -0.05) is 78.8 Å². The molecule has 0 amide bonds. The van der Waals surface area contributed by atoms with Gasteiger partial charge in [-0.3, -0.25) is 0 Å². The molecule has 5 nitrogen and oxygen atoms in total. The third-order valence-electron chi connectivity index (χ3n) is 5.32. The van der Waals surface area contributed by atoms with Crippen molar-refractivity contribution in [2.75, 3.05) is 26.2 Å². The van der Waals surface area contributed by atoms with Crippen molar-refractivity contribution in [3.63, 3.8) is 0 Å². The number of hydrogen-bond acceptors (Lipinski definition) is 5. The van der Waals surface area contributed by atoms with Crippen molar-refractivity contribution in [1.82, 2.24) is 10.2 Å². The van der Waals surface area contributed by atoms with E-state index in [1.807, 2.05) is 18.2 Å². The summed E-state index contributed by atoms with van der Waals surface area (Å²) in [6.07, 6.45) is 14.9. The Bertz CT molecular complexity index is 828. The van der Waals surface area contributed by atoms with Crippen LogP contribution in [0.25, 0.3) is 0 Å². The molecule has 0 radical (unpaired) electrons. The number of nitrogens with one attached hydrogen (secondary N) is 1. The summed E-state index contributed by atoms with van der Waals surface area (Å²) in [5.41, 5.74) is 2.50. The minimum Gasteiger partial charge on any atom is -0.386 e. The fourth-order valence-corrected chi connectivity index (χ4v) is 3.26. The van der Waals surface area contributed by atoms with Crippen molar-refractivity contribution in [2.24, 2.45) is 17.3 Å². The Hall–Kier alpha value is -2.76. The fourth-order valence-electron chi connectivity index (χ4n) is 3.26. The maximum atomic E-state index is 8.87. The predicted molar refractivity (Wildman–Crippen MR) is 137 cm³/mol. The summed E-state index contributed by atoms with van der Waals surface area (Å²) >= 11 is 0. The van der Waals surface area contributed by atoms with E-state index in [4.69, 9.17) is 15.3 Å². The van der Waals surface area contributed by atoms with Crippen LogP contribution in [0.5, 0.6) is 0 Å². The monoisotopic (exact) mass is 450 g/mol. The molecule has 0 fully saturated rings. The van der Waals surface area contributed by atoms with Gasteiger partial charge in [-0.15, -0.1) is 0 Å². The Balaban J connectivity index is 3.09. The summed E-state index contributed by atoms with van der Waals surface area (Å²) in [4.78, 5) is 2.38. The first-order valence-corrected chi connectivity index (χ1v) is 12.0. The molecule has 1 atom stereocenters. The van der Waals surface area contributed by atoms with Gasteiger partial charge in [-0.25, -0.2) is 0 Å². The molecule has 33 heavy (non-hydrogen) atoms. The van der Waals surface area contributed by atoms with Crippen LogP contribution in [-0.4, -0.2) is 37.2 Å². The van der Waals surface area contributed by atoms with E-state index < -0.39 is 0 Å². The maximum Gasteiger partial charge on any atom is 0.129 e. The second-order valence-corrected chi connectivity index (χ2v) is 9.99. The zero-order chi connectivity index (χ0) is 24.9. The van der Waals surface area contributed by atoms with Gasteiger partial charge in [0.25, 0.3) is 0 Å². The smallest absolute Gasteiger partial charge is 0.129 e. The van der Waals surface area contributed by atoms with Gasteiger partial charge in [0.1, 0.15) is 17.7 Å². The molecular formula is C28H42N4O. The molecule has 0 aromatic heterocycles. The lowest BCUT2D eigenvalue weighted by Gasteiger charge is -2.27. The first kappa shape index (κ1) is 28.3. The molecule has 1 aliphatic heterocycles. The summed E-state index contributed by atoms with van der Waals surface area (Å²) in [5, 5.41) is 21.4. The molecular weight excluding hydrogens is 408 g/mol. The molecule has 1 unspecified atom stereocenters. The molecule has 0 saturated heterocycles. The van der Waals surface area contributed by atoms with Gasteiger partial charge in [-0.05, 0) is 29.9 Å². The second kappa shape index (κ2) is 14.4. The van der Waals surface area contributed by atoms with Gasteiger partial charge in [0, 0.05) is 36.9 Å². The number of allylic oxidation sites excluding steroid dienone is 4. The predicted octanol–water partition coefficient (Wildman–Crippen LogP) is 5.88. The number of nitrogens with zero attached hydrogens (tertiary/aromatic N) is 3. The summed E-state index contributed by atoms with van der Waals surface area (Å²) in [6, 6.07) is 3.73. The average molecular weight is 451 g/mol. The van der Waals surface area contributed by atoms with E-state index in [2.05, 4.69) is 83.1 Å². The Morgan fingerprint density at radius 1 is 1.24 bits per heavy atom. The van der Waals surface area contributed by atoms with Crippen LogP contribution in [0.1, 0.15) is 54.9 Å². The van der Waals surface area contributed by atoms with Crippen LogP contribution >= 0.6 is 0 Å². The maximum absolute atomic E-state index is 8.87. The van der Waals surface area contributed by atoms with Crippen LogP contribution in [0, 0.1) is 39.9 Å². The summed E-state index contributed by atoms with van der Waals surface area (Å²) < 4.78 is 6.17. The van der Waals surface area contributed by atoms with E-state index in [-0.39, 0.29) is 17.1 Å². The molecule has 0 saturated carbocycles. The van der Waals surface area contributed by atoms with Gasteiger partial charge in [0.05, 0.1) is 12.7 Å². The Labute approximate surface area is 201 Å². The topological polar surface area (TPSA) is 72.1 Å². The molecule has 0 bridgehead atoms. The van der Waals surface area contributed by atoms with E-state index >= 15 is 0 Å². The van der Waals surface area contributed by atoms with Crippen LogP contribution in [0.2, 0.25) is 0 Å². The third-order valence-corrected chi connectivity index (χ3v) is 5.32. The van der Waals surface area contributed by atoms with Crippen molar-refractivity contribution in [2.45, 2.75) is 61.0 Å². The second-order valence-electron chi connectivity index (χ2n) is 9.99. The Morgan fingerprint density at radius 2 is 1.94 bits per heavy atom. The fraction of sp³-hybridized carbons (Fsp3) is 0.571. The van der Waals surface area contributed by atoms with Crippen molar-refractivity contribution in [1.29, 1.82) is 10.5 Å². The van der Waals surface area contributed by atoms with Gasteiger partial charge in [-0.2, -0.15) is 10.5 Å². The first-order chi connectivity index (χ1) is 15.6. The van der Waals surface area contributed by atoms with Crippen LogP contribution in [0.4, 0.5) is 0 Å². The van der Waals surface area contributed by atoms with E-state index in [1.165, 1.54) is 11.8 Å². The Morgan fingerprint density at radius 3 is 2.52 bits per heavy atom. The minimum atomic E-state index is -0.0822. The van der Waals surface area contributed by atoms with Crippen LogP contribution in [0.15, 0.2) is 59.5 Å². The SMILES string of the molecule is CCC(/C=C/C=C(C#N)C#N)OCC1=CCN(CC(C)C)/C=C(/C(C)C)NCC(C)(C)C=C1. The average Bonchev–Trinajstić information content (AvgIpc) is 2.78. The van der Waals surface area contributed by atoms with E-state index in [0.29, 0.717) is 18.4 Å². The molecule has 0 aromatic carbocycles. The highest BCUT2D eigenvalue weighted by atomic mass is 16.5. The highest BCUT2D eigenvalue weighted by molar-refractivity contribution is 5.38. The minimum absolute atomic E-state index is 0.000132. The zero-order valence-electron chi connectivity index (χ0n) is 21.6. The largest absolute Gasteiger partial charge is 0.386 e. The molecule has 1 rings (SSSR count). The molecule has 1 N–H and O–H groups in total. The lowest BCUT2D eigenvalue weighted by Crippen LogP contribution is -2.31. The van der Waals surface area contributed by atoms with E-state index in [9.17, 15) is 0 Å². The summed E-state index contributed by atoms with van der Waals surface area (Å²) in [7, 11) is 0. The quantitative estimate of drug-likeness (QED) is 0.351. The van der Waals surface area contributed by atoms with Crippen molar-refractivity contribution >= 4 is 0 Å². The van der Waals surface area contributed by atoms with Gasteiger partial charge < -0.3 is 15.0 Å². The number of ether oxygens (including phenoxy) is 1. The highest BCUT2D eigenvalue weighted by Gasteiger charge is 2.17. The molecule has 5 heteroatoms. The third kappa shape index (κ3) is 11.6. The summed E-state index contributed by atoms with van der Waals surface area (Å²) in [6.45, 7) is 18.7. The Kier molecular flexibility index (Phi) is 12.3. The zero-order valence-corrected chi connectivity index (χ0v) is 21.6. The number of rotatable bonds is 9. The van der Waals surface area contributed by atoms with E-state index in [1.54, 1.807) is 6.08 Å². The van der Waals surface area contributed by atoms with Crippen LogP contribution in [0.3, 0.4) is 0 Å². The van der Waals surface area contributed by atoms with Crippen LogP contribution in [-0.2, 0) is 4.74 Å². The van der Waals surface area contributed by atoms with Gasteiger partial charge in [0.15, 0.2) is 0 Å². The van der Waals surface area contributed by atoms with E-state index in [0.717, 1.165) is 31.6 Å².